The second-order valence-corrected chi connectivity index (χ2v) is 8.35. The van der Waals surface area contributed by atoms with E-state index in [0.717, 1.165) is 47.0 Å². The summed E-state index contributed by atoms with van der Waals surface area (Å²) in [6.45, 7) is 0.585. The minimum Gasteiger partial charge on any atom is -0.361 e. The zero-order valence-electron chi connectivity index (χ0n) is 19.0. The number of hydrogen-bond acceptors (Lipinski definition) is 3. The number of hydrogen-bond donors (Lipinski definition) is 3. The number of benzene rings is 3. The molecule has 3 N–H and O–H groups in total. The fourth-order valence-corrected chi connectivity index (χ4v) is 4.11. The number of aromatic amines is 1. The molecule has 34 heavy (non-hydrogen) atoms. The van der Waals surface area contributed by atoms with E-state index in [1.807, 2.05) is 77.8 Å². The monoisotopic (exact) mass is 455 g/mol. The molecular formula is C28H29N3O3. The van der Waals surface area contributed by atoms with Crippen molar-refractivity contribution in [1.82, 2.24) is 10.5 Å². The van der Waals surface area contributed by atoms with Gasteiger partial charge in [-0.15, -0.1) is 0 Å². The fraction of sp³-hybridized carbons (Fsp3) is 0.214. The summed E-state index contributed by atoms with van der Waals surface area (Å²) in [6.07, 6.45) is 5.47. The van der Waals surface area contributed by atoms with Gasteiger partial charge in [0.05, 0.1) is 0 Å². The van der Waals surface area contributed by atoms with Crippen LogP contribution in [0, 0.1) is 0 Å². The molecule has 4 rings (SSSR count). The Hall–Kier alpha value is -3.90. The van der Waals surface area contributed by atoms with E-state index in [9.17, 15) is 9.59 Å². The topological polar surface area (TPSA) is 85.4 Å². The molecule has 0 saturated heterocycles. The number of amides is 2. The molecule has 4 aromatic rings. The molecule has 0 aliphatic rings. The largest absolute Gasteiger partial charge is 0.361 e. The summed E-state index contributed by atoms with van der Waals surface area (Å²) in [6, 6.07) is 25.9. The number of H-pyrrole nitrogens is 1. The van der Waals surface area contributed by atoms with Crippen LogP contribution in [0.2, 0.25) is 0 Å². The SMILES string of the molecule is O=C(CCCCCCN(C(=O)c1ccc(-c2ccccc2)cc1)c1ccc2[nH]ccc2c1)NO. The highest BCUT2D eigenvalue weighted by molar-refractivity contribution is 6.07. The smallest absolute Gasteiger partial charge is 0.258 e. The van der Waals surface area contributed by atoms with Gasteiger partial charge in [0.1, 0.15) is 0 Å². The van der Waals surface area contributed by atoms with Crippen molar-refractivity contribution in [2.24, 2.45) is 0 Å². The van der Waals surface area contributed by atoms with Gasteiger partial charge >= 0.3 is 0 Å². The van der Waals surface area contributed by atoms with E-state index in [-0.39, 0.29) is 11.8 Å². The lowest BCUT2D eigenvalue weighted by atomic mass is 10.0. The normalized spacial score (nSPS) is 10.9. The summed E-state index contributed by atoms with van der Waals surface area (Å²) in [5.74, 6) is -0.398. The van der Waals surface area contributed by atoms with Gasteiger partial charge in [-0.05, 0) is 60.4 Å². The molecule has 0 saturated carbocycles. The molecule has 0 spiro atoms. The third kappa shape index (κ3) is 5.71. The lowest BCUT2D eigenvalue weighted by molar-refractivity contribution is -0.129. The van der Waals surface area contributed by atoms with Crippen molar-refractivity contribution in [1.29, 1.82) is 0 Å². The zero-order valence-corrected chi connectivity index (χ0v) is 19.0. The van der Waals surface area contributed by atoms with Crippen LogP contribution in [0.1, 0.15) is 42.5 Å². The van der Waals surface area contributed by atoms with Crippen molar-refractivity contribution in [2.75, 3.05) is 11.4 Å². The lowest BCUT2D eigenvalue weighted by Crippen LogP contribution is -2.32. The highest BCUT2D eigenvalue weighted by atomic mass is 16.5. The van der Waals surface area contributed by atoms with Crippen LogP contribution in [0.3, 0.4) is 0 Å². The summed E-state index contributed by atoms with van der Waals surface area (Å²) in [7, 11) is 0. The van der Waals surface area contributed by atoms with Crippen LogP contribution in [0.15, 0.2) is 85.1 Å². The third-order valence-corrected chi connectivity index (χ3v) is 5.99. The average molecular weight is 456 g/mol. The quantitative estimate of drug-likeness (QED) is 0.157. The lowest BCUT2D eigenvalue weighted by Gasteiger charge is -2.23. The van der Waals surface area contributed by atoms with Gasteiger partial charge in [-0.1, -0.05) is 55.3 Å². The maximum Gasteiger partial charge on any atom is 0.258 e. The van der Waals surface area contributed by atoms with Crippen LogP contribution in [-0.4, -0.2) is 28.6 Å². The Bertz CT molecular complexity index is 1230. The van der Waals surface area contributed by atoms with Gasteiger partial charge in [0.2, 0.25) is 5.91 Å². The van der Waals surface area contributed by atoms with Crippen LogP contribution in [-0.2, 0) is 4.79 Å². The number of fused-ring (bicyclic) bond motifs is 1. The first-order chi connectivity index (χ1) is 16.7. The highest BCUT2D eigenvalue weighted by Crippen LogP contribution is 2.25. The van der Waals surface area contributed by atoms with Gasteiger partial charge in [0.25, 0.3) is 5.91 Å². The first kappa shape index (κ1) is 23.3. The molecule has 0 bridgehead atoms. The number of hydroxylamine groups is 1. The van der Waals surface area contributed by atoms with Gasteiger partial charge in [-0.25, -0.2) is 5.48 Å². The van der Waals surface area contributed by atoms with Crippen LogP contribution >= 0.6 is 0 Å². The Morgan fingerprint density at radius 2 is 1.56 bits per heavy atom. The van der Waals surface area contributed by atoms with Crippen molar-refractivity contribution < 1.29 is 14.8 Å². The summed E-state index contributed by atoms with van der Waals surface area (Å²) >= 11 is 0. The Labute approximate surface area is 199 Å². The van der Waals surface area contributed by atoms with Crippen molar-refractivity contribution in [3.8, 4) is 11.1 Å². The van der Waals surface area contributed by atoms with Crippen LogP contribution in [0.25, 0.3) is 22.0 Å². The maximum absolute atomic E-state index is 13.6. The first-order valence-corrected chi connectivity index (χ1v) is 11.6. The van der Waals surface area contributed by atoms with E-state index >= 15 is 0 Å². The van der Waals surface area contributed by atoms with Gasteiger partial charge in [0.15, 0.2) is 0 Å². The third-order valence-electron chi connectivity index (χ3n) is 5.99. The van der Waals surface area contributed by atoms with E-state index in [0.29, 0.717) is 24.9 Å². The van der Waals surface area contributed by atoms with Gasteiger partial charge in [-0.3, -0.25) is 14.8 Å². The van der Waals surface area contributed by atoms with Crippen molar-refractivity contribution >= 4 is 28.4 Å². The molecular weight excluding hydrogens is 426 g/mol. The molecule has 1 heterocycles. The molecule has 3 aromatic carbocycles. The van der Waals surface area contributed by atoms with Gasteiger partial charge in [0, 0.05) is 41.3 Å². The Balaban J connectivity index is 1.48. The number of carbonyl (C=O) groups excluding carboxylic acids is 2. The summed E-state index contributed by atoms with van der Waals surface area (Å²) < 4.78 is 0. The number of aromatic nitrogens is 1. The number of nitrogens with one attached hydrogen (secondary N) is 2. The van der Waals surface area contributed by atoms with Crippen molar-refractivity contribution in [2.45, 2.75) is 32.1 Å². The summed E-state index contributed by atoms with van der Waals surface area (Å²) in [4.78, 5) is 29.8. The van der Waals surface area contributed by atoms with Crippen LogP contribution < -0.4 is 10.4 Å². The minimum atomic E-state index is -0.365. The minimum absolute atomic E-state index is 0.0332. The Kier molecular flexibility index (Phi) is 7.73. The van der Waals surface area contributed by atoms with E-state index in [1.54, 1.807) is 5.48 Å². The number of carbonyl (C=O) groups is 2. The number of unbranched alkanes of at least 4 members (excludes halogenated alkanes) is 3. The summed E-state index contributed by atoms with van der Waals surface area (Å²) in [5, 5.41) is 9.66. The van der Waals surface area contributed by atoms with Crippen molar-refractivity contribution in [3.63, 3.8) is 0 Å². The van der Waals surface area contributed by atoms with Gasteiger partial charge < -0.3 is 9.88 Å². The molecule has 6 nitrogen and oxygen atoms in total. The van der Waals surface area contributed by atoms with Gasteiger partial charge in [-0.2, -0.15) is 0 Å². The molecule has 174 valence electrons. The highest BCUT2D eigenvalue weighted by Gasteiger charge is 2.18. The predicted molar refractivity (Wildman–Crippen MR) is 135 cm³/mol. The van der Waals surface area contributed by atoms with E-state index in [2.05, 4.69) is 17.1 Å². The van der Waals surface area contributed by atoms with E-state index < -0.39 is 0 Å². The average Bonchev–Trinajstić information content (AvgIpc) is 3.36. The Morgan fingerprint density at radius 1 is 0.824 bits per heavy atom. The molecule has 6 heteroatoms. The fourth-order valence-electron chi connectivity index (χ4n) is 4.11. The first-order valence-electron chi connectivity index (χ1n) is 11.6. The molecule has 0 fully saturated rings. The molecule has 0 atom stereocenters. The molecule has 2 amide bonds. The zero-order chi connectivity index (χ0) is 23.8. The Morgan fingerprint density at radius 3 is 2.32 bits per heavy atom. The van der Waals surface area contributed by atoms with E-state index in [4.69, 9.17) is 5.21 Å². The second kappa shape index (κ2) is 11.3. The molecule has 0 aliphatic heterocycles. The number of anilines is 1. The molecule has 0 unspecified atom stereocenters. The molecule has 0 radical (unpaired) electrons. The second-order valence-electron chi connectivity index (χ2n) is 8.35. The maximum atomic E-state index is 13.6. The van der Waals surface area contributed by atoms with Crippen molar-refractivity contribution in [3.05, 3.63) is 90.6 Å². The summed E-state index contributed by atoms with van der Waals surface area (Å²) in [5.41, 5.74) is 6.40. The standard InChI is InChI=1S/C28H29N3O3/c32-27(30-34)10-6-1-2-7-19-31(25-15-16-26-24(20-25)17-18-29-26)28(33)23-13-11-22(12-14-23)21-8-4-3-5-9-21/h3-5,8-9,11-18,20,29,34H,1-2,6-7,10,19H2,(H,30,32). The molecule has 0 aliphatic carbocycles. The van der Waals surface area contributed by atoms with E-state index in [1.165, 1.54) is 0 Å². The van der Waals surface area contributed by atoms with Crippen LogP contribution in [0.4, 0.5) is 5.69 Å². The number of rotatable bonds is 10. The number of nitrogens with zero attached hydrogens (tertiary/aromatic N) is 1. The predicted octanol–water partition coefficient (Wildman–Crippen LogP) is 5.94. The van der Waals surface area contributed by atoms with Crippen LogP contribution in [0.5, 0.6) is 0 Å². The molecule has 1 aromatic heterocycles.